The summed E-state index contributed by atoms with van der Waals surface area (Å²) in [6.45, 7) is 8.04. The van der Waals surface area contributed by atoms with Crippen molar-refractivity contribution in [1.29, 1.82) is 0 Å². The van der Waals surface area contributed by atoms with E-state index in [9.17, 15) is 19.5 Å². The van der Waals surface area contributed by atoms with Gasteiger partial charge in [-0.1, -0.05) is 40.5 Å². The zero-order valence-corrected chi connectivity index (χ0v) is 15.1. The van der Waals surface area contributed by atoms with Gasteiger partial charge in [-0.25, -0.2) is 4.79 Å². The maximum Gasteiger partial charge on any atom is 0.326 e. The van der Waals surface area contributed by atoms with Gasteiger partial charge >= 0.3 is 5.97 Å². The first-order chi connectivity index (χ1) is 11.2. The summed E-state index contributed by atoms with van der Waals surface area (Å²) in [5, 5.41) is 11.9. The number of hydrogen-bond acceptors (Lipinski definition) is 4. The van der Waals surface area contributed by atoms with E-state index in [4.69, 9.17) is 5.73 Å². The first kappa shape index (κ1) is 20.4. The van der Waals surface area contributed by atoms with Crippen molar-refractivity contribution >= 4 is 17.8 Å². The summed E-state index contributed by atoms with van der Waals surface area (Å²) in [6.07, 6.45) is 2.69. The molecule has 1 saturated heterocycles. The third-order valence-corrected chi connectivity index (χ3v) is 5.16. The van der Waals surface area contributed by atoms with Gasteiger partial charge in [0.05, 0.1) is 6.04 Å². The molecule has 5 unspecified atom stereocenters. The number of amides is 2. The molecule has 2 amide bonds. The molecule has 0 aliphatic carbocycles. The van der Waals surface area contributed by atoms with Crippen LogP contribution in [0.15, 0.2) is 0 Å². The number of carbonyl (C=O) groups is 3. The Morgan fingerprint density at radius 1 is 1.21 bits per heavy atom. The van der Waals surface area contributed by atoms with Gasteiger partial charge in [0.2, 0.25) is 11.8 Å². The van der Waals surface area contributed by atoms with E-state index in [1.165, 1.54) is 4.90 Å². The van der Waals surface area contributed by atoms with Gasteiger partial charge in [0, 0.05) is 6.54 Å². The van der Waals surface area contributed by atoms with E-state index in [1.54, 1.807) is 6.92 Å². The van der Waals surface area contributed by atoms with Crippen molar-refractivity contribution in [3.8, 4) is 0 Å². The van der Waals surface area contributed by atoms with Crippen molar-refractivity contribution in [2.75, 3.05) is 6.54 Å². The highest BCUT2D eigenvalue weighted by Gasteiger charge is 2.38. The lowest BCUT2D eigenvalue weighted by Gasteiger charge is -2.30. The van der Waals surface area contributed by atoms with Crippen LogP contribution in [0.3, 0.4) is 0 Å². The molecule has 7 heteroatoms. The minimum atomic E-state index is -1.05. The molecular weight excluding hydrogens is 310 g/mol. The van der Waals surface area contributed by atoms with Crippen LogP contribution in [0.5, 0.6) is 0 Å². The van der Waals surface area contributed by atoms with Crippen LogP contribution in [0, 0.1) is 11.8 Å². The monoisotopic (exact) mass is 341 g/mol. The minimum Gasteiger partial charge on any atom is -0.480 e. The average molecular weight is 341 g/mol. The number of likely N-dealkylation sites (tertiary alicyclic amines) is 1. The van der Waals surface area contributed by atoms with E-state index in [-0.39, 0.29) is 17.7 Å². The molecule has 24 heavy (non-hydrogen) atoms. The Balaban J connectivity index is 2.82. The molecule has 1 rings (SSSR count). The lowest BCUT2D eigenvalue weighted by molar-refractivity contribution is -0.145. The maximum atomic E-state index is 12.6. The van der Waals surface area contributed by atoms with Gasteiger partial charge in [-0.05, 0) is 24.7 Å². The highest BCUT2D eigenvalue weighted by atomic mass is 16.4. The van der Waals surface area contributed by atoms with Crippen molar-refractivity contribution in [2.45, 2.75) is 71.5 Å². The number of rotatable bonds is 8. The minimum absolute atomic E-state index is 0.0358. The van der Waals surface area contributed by atoms with E-state index >= 15 is 0 Å². The maximum absolute atomic E-state index is 12.6. The molecular formula is C17H31N3O4. The Labute approximate surface area is 144 Å². The summed E-state index contributed by atoms with van der Waals surface area (Å²) in [5.74, 6) is -1.82. The number of nitrogens with zero attached hydrogens (tertiary/aromatic N) is 1. The second-order valence-electron chi connectivity index (χ2n) is 6.81. The second kappa shape index (κ2) is 9.01. The van der Waals surface area contributed by atoms with Crippen molar-refractivity contribution in [1.82, 2.24) is 10.2 Å². The summed E-state index contributed by atoms with van der Waals surface area (Å²) in [7, 11) is 0. The van der Waals surface area contributed by atoms with Gasteiger partial charge in [-0.2, -0.15) is 0 Å². The highest BCUT2D eigenvalue weighted by Crippen LogP contribution is 2.21. The van der Waals surface area contributed by atoms with Crippen LogP contribution in [0.4, 0.5) is 0 Å². The fourth-order valence-corrected chi connectivity index (χ4v) is 2.92. The zero-order valence-electron chi connectivity index (χ0n) is 15.1. The number of carboxylic acids is 1. The molecule has 0 aromatic rings. The van der Waals surface area contributed by atoms with Gasteiger partial charge in [0.15, 0.2) is 0 Å². The van der Waals surface area contributed by atoms with Crippen LogP contribution in [0.25, 0.3) is 0 Å². The van der Waals surface area contributed by atoms with E-state index < -0.39 is 30.0 Å². The third kappa shape index (κ3) is 4.69. The molecule has 0 aromatic carbocycles. The Morgan fingerprint density at radius 2 is 1.79 bits per heavy atom. The van der Waals surface area contributed by atoms with E-state index in [0.717, 1.165) is 12.8 Å². The number of nitrogens with one attached hydrogen (secondary N) is 1. The summed E-state index contributed by atoms with van der Waals surface area (Å²) < 4.78 is 0. The topological polar surface area (TPSA) is 113 Å². The van der Waals surface area contributed by atoms with Gasteiger partial charge in [-0.15, -0.1) is 0 Å². The van der Waals surface area contributed by atoms with E-state index in [2.05, 4.69) is 5.32 Å². The molecule has 5 atom stereocenters. The normalized spacial score (nSPS) is 22.5. The van der Waals surface area contributed by atoms with Gasteiger partial charge in [0.25, 0.3) is 0 Å². The molecule has 1 aliphatic rings. The fourth-order valence-electron chi connectivity index (χ4n) is 2.92. The van der Waals surface area contributed by atoms with Gasteiger partial charge < -0.3 is 21.1 Å². The summed E-state index contributed by atoms with van der Waals surface area (Å²) in [5.41, 5.74) is 6.02. The summed E-state index contributed by atoms with van der Waals surface area (Å²) in [6, 6.07) is -2.20. The SMILES string of the molecule is CCC(C)C(N)C(=O)N1CCCC1C(=O)NC(C(=O)O)C(C)CC. The van der Waals surface area contributed by atoms with Crippen LogP contribution in [-0.2, 0) is 14.4 Å². The summed E-state index contributed by atoms with van der Waals surface area (Å²) in [4.78, 5) is 38.0. The first-order valence-corrected chi connectivity index (χ1v) is 8.83. The number of aliphatic carboxylic acids is 1. The van der Waals surface area contributed by atoms with Crippen LogP contribution in [0.1, 0.15) is 53.4 Å². The molecule has 1 heterocycles. The number of carbonyl (C=O) groups excluding carboxylic acids is 2. The molecule has 138 valence electrons. The van der Waals surface area contributed by atoms with Crippen molar-refractivity contribution < 1.29 is 19.5 Å². The number of nitrogens with two attached hydrogens (primary N) is 1. The van der Waals surface area contributed by atoms with Crippen LogP contribution in [0.2, 0.25) is 0 Å². The molecule has 0 saturated carbocycles. The van der Waals surface area contributed by atoms with Crippen LogP contribution >= 0.6 is 0 Å². The second-order valence-corrected chi connectivity index (χ2v) is 6.81. The standard InChI is InChI=1S/C17H31N3O4/c1-5-10(3)13(18)16(22)20-9-7-8-12(20)15(21)19-14(17(23)24)11(4)6-2/h10-14H,5-9,18H2,1-4H3,(H,19,21)(H,23,24). The lowest BCUT2D eigenvalue weighted by atomic mass is 9.97. The highest BCUT2D eigenvalue weighted by molar-refractivity contribution is 5.92. The Hall–Kier alpha value is -1.63. The largest absolute Gasteiger partial charge is 0.480 e. The molecule has 0 bridgehead atoms. The first-order valence-electron chi connectivity index (χ1n) is 8.83. The zero-order chi connectivity index (χ0) is 18.4. The van der Waals surface area contributed by atoms with Crippen LogP contribution < -0.4 is 11.1 Å². The smallest absolute Gasteiger partial charge is 0.326 e. The Morgan fingerprint density at radius 3 is 2.29 bits per heavy atom. The summed E-state index contributed by atoms with van der Waals surface area (Å²) >= 11 is 0. The molecule has 0 aromatic heterocycles. The van der Waals surface area contributed by atoms with Crippen LogP contribution in [-0.4, -0.2) is 52.5 Å². The molecule has 0 spiro atoms. The van der Waals surface area contributed by atoms with Crippen molar-refractivity contribution in [3.63, 3.8) is 0 Å². The quantitative estimate of drug-likeness (QED) is 0.609. The third-order valence-electron chi connectivity index (χ3n) is 5.16. The molecule has 1 fully saturated rings. The Bertz CT molecular complexity index is 469. The predicted octanol–water partition coefficient (Wildman–Crippen LogP) is 0.966. The average Bonchev–Trinajstić information content (AvgIpc) is 3.05. The van der Waals surface area contributed by atoms with Gasteiger partial charge in [-0.3, -0.25) is 9.59 Å². The predicted molar refractivity (Wildman–Crippen MR) is 91.2 cm³/mol. The molecule has 0 radical (unpaired) electrons. The Kier molecular flexibility index (Phi) is 7.66. The van der Waals surface area contributed by atoms with Gasteiger partial charge in [0.1, 0.15) is 12.1 Å². The molecule has 1 aliphatic heterocycles. The van der Waals surface area contributed by atoms with E-state index in [1.807, 2.05) is 20.8 Å². The molecule has 7 nitrogen and oxygen atoms in total. The lowest BCUT2D eigenvalue weighted by Crippen LogP contribution is -2.55. The number of carboxylic acid groups (broad SMARTS) is 1. The van der Waals surface area contributed by atoms with Crippen molar-refractivity contribution in [2.24, 2.45) is 17.6 Å². The van der Waals surface area contributed by atoms with E-state index in [0.29, 0.717) is 19.4 Å². The van der Waals surface area contributed by atoms with Crippen molar-refractivity contribution in [3.05, 3.63) is 0 Å². The fraction of sp³-hybridized carbons (Fsp3) is 0.824. The number of hydrogen-bond donors (Lipinski definition) is 3. The molecule has 4 N–H and O–H groups in total.